The molecule has 0 aliphatic heterocycles. The van der Waals surface area contributed by atoms with Crippen molar-refractivity contribution in [2.75, 3.05) is 19.8 Å². The average Bonchev–Trinajstić information content (AvgIpc) is 2.43. The van der Waals surface area contributed by atoms with Crippen LogP contribution in [0.1, 0.15) is 24.5 Å². The number of halogens is 1. The topological polar surface area (TPSA) is 77.1 Å². The van der Waals surface area contributed by atoms with Crippen LogP contribution < -0.4 is 5.73 Å². The first kappa shape index (κ1) is 15.4. The highest BCUT2D eigenvalue weighted by Crippen LogP contribution is 2.13. The number of hydrogen-bond donors (Lipinski definition) is 2. The van der Waals surface area contributed by atoms with Crippen LogP contribution in [0, 0.1) is 5.82 Å². The van der Waals surface area contributed by atoms with E-state index in [1.54, 1.807) is 12.1 Å². The van der Waals surface area contributed by atoms with Gasteiger partial charge in [0, 0.05) is 12.2 Å². The Morgan fingerprint density at radius 3 is 2.74 bits per heavy atom. The third-order valence-electron chi connectivity index (χ3n) is 2.44. The van der Waals surface area contributed by atoms with E-state index >= 15 is 0 Å². The lowest BCUT2D eigenvalue weighted by atomic mass is 10.1. The van der Waals surface area contributed by atoms with Gasteiger partial charge < -0.3 is 20.4 Å². The number of nitrogens with two attached hydrogens (primary N) is 1. The first-order chi connectivity index (χ1) is 9.20. The third kappa shape index (κ3) is 4.84. The van der Waals surface area contributed by atoms with E-state index < -0.39 is 5.82 Å². The normalized spacial score (nSPS) is 11.8. The number of nitrogens with zero attached hydrogens (tertiary/aromatic N) is 1. The van der Waals surface area contributed by atoms with Crippen molar-refractivity contribution in [3.63, 3.8) is 0 Å². The van der Waals surface area contributed by atoms with Crippen molar-refractivity contribution in [1.29, 1.82) is 0 Å². The molecule has 0 unspecified atom stereocenters. The van der Waals surface area contributed by atoms with Crippen LogP contribution in [0.5, 0.6) is 0 Å². The maximum atomic E-state index is 14.0. The summed E-state index contributed by atoms with van der Waals surface area (Å²) >= 11 is 0. The van der Waals surface area contributed by atoms with Crippen LogP contribution in [0.15, 0.2) is 23.4 Å². The monoisotopic (exact) mass is 270 g/mol. The smallest absolute Gasteiger partial charge is 0.173 e. The van der Waals surface area contributed by atoms with Crippen molar-refractivity contribution in [2.24, 2.45) is 10.9 Å². The van der Waals surface area contributed by atoms with Crippen LogP contribution in [0.25, 0.3) is 0 Å². The van der Waals surface area contributed by atoms with Crippen LogP contribution in [-0.4, -0.2) is 30.9 Å². The summed E-state index contributed by atoms with van der Waals surface area (Å²) < 4.78 is 24.5. The molecule has 0 atom stereocenters. The van der Waals surface area contributed by atoms with Crippen molar-refractivity contribution >= 4 is 5.84 Å². The molecule has 6 heteroatoms. The second kappa shape index (κ2) is 8.44. The molecule has 0 aliphatic rings. The summed E-state index contributed by atoms with van der Waals surface area (Å²) in [6.07, 6.45) is 0.955. The molecule has 0 radical (unpaired) electrons. The van der Waals surface area contributed by atoms with E-state index in [2.05, 4.69) is 5.16 Å². The molecular weight excluding hydrogens is 251 g/mol. The van der Waals surface area contributed by atoms with Gasteiger partial charge >= 0.3 is 0 Å². The molecular formula is C13H19FN2O3. The molecule has 106 valence electrons. The summed E-state index contributed by atoms with van der Waals surface area (Å²) in [5.74, 6) is -0.794. The van der Waals surface area contributed by atoms with E-state index in [4.69, 9.17) is 20.4 Å². The van der Waals surface area contributed by atoms with E-state index in [0.717, 1.165) is 6.42 Å². The summed E-state index contributed by atoms with van der Waals surface area (Å²) in [6.45, 7) is 3.71. The van der Waals surface area contributed by atoms with Gasteiger partial charge in [-0.15, -0.1) is 0 Å². The van der Waals surface area contributed by atoms with Gasteiger partial charge in [-0.25, -0.2) is 4.39 Å². The van der Waals surface area contributed by atoms with Gasteiger partial charge in [0.2, 0.25) is 0 Å². The summed E-state index contributed by atoms with van der Waals surface area (Å²) in [6, 6.07) is 4.66. The molecule has 0 heterocycles. The zero-order valence-corrected chi connectivity index (χ0v) is 10.9. The van der Waals surface area contributed by atoms with Gasteiger partial charge in [-0.05, 0) is 12.5 Å². The molecule has 5 nitrogen and oxygen atoms in total. The molecule has 0 saturated carbocycles. The van der Waals surface area contributed by atoms with Crippen LogP contribution in [0.2, 0.25) is 0 Å². The Balaban J connectivity index is 2.50. The van der Waals surface area contributed by atoms with Gasteiger partial charge in [0.05, 0.1) is 25.4 Å². The minimum absolute atomic E-state index is 0.0610. The van der Waals surface area contributed by atoms with Crippen molar-refractivity contribution in [1.82, 2.24) is 0 Å². The Bertz CT molecular complexity index is 424. The van der Waals surface area contributed by atoms with E-state index in [0.29, 0.717) is 25.4 Å². The lowest BCUT2D eigenvalue weighted by molar-refractivity contribution is 0.0399. The van der Waals surface area contributed by atoms with E-state index in [1.165, 1.54) is 6.07 Å². The molecule has 0 bridgehead atoms. The second-order valence-electron chi connectivity index (χ2n) is 3.93. The Kier molecular flexibility index (Phi) is 6.84. The average molecular weight is 270 g/mol. The van der Waals surface area contributed by atoms with Gasteiger partial charge in [0.15, 0.2) is 5.84 Å². The number of amidine groups is 1. The number of benzene rings is 1. The number of ether oxygens (including phenoxy) is 2. The maximum Gasteiger partial charge on any atom is 0.173 e. The van der Waals surface area contributed by atoms with Gasteiger partial charge in [0.1, 0.15) is 5.82 Å². The molecule has 0 aromatic heterocycles. The molecule has 0 amide bonds. The summed E-state index contributed by atoms with van der Waals surface area (Å²) in [5.41, 5.74) is 5.79. The molecule has 1 rings (SSSR count). The van der Waals surface area contributed by atoms with Crippen molar-refractivity contribution < 1.29 is 19.1 Å². The zero-order chi connectivity index (χ0) is 14.1. The molecule has 19 heavy (non-hydrogen) atoms. The standard InChI is InChI=1S/C13H19FN2O3/c1-2-6-18-7-8-19-9-10-4-3-5-11(12(10)14)13(15)16-17/h3-5,17H,2,6-9H2,1H3,(H2,15,16). The van der Waals surface area contributed by atoms with Crippen LogP contribution in [-0.2, 0) is 16.1 Å². The lowest BCUT2D eigenvalue weighted by Crippen LogP contribution is -2.16. The van der Waals surface area contributed by atoms with Crippen molar-refractivity contribution in [3.05, 3.63) is 35.1 Å². The van der Waals surface area contributed by atoms with Crippen LogP contribution in [0.3, 0.4) is 0 Å². The number of oxime groups is 1. The largest absolute Gasteiger partial charge is 0.409 e. The van der Waals surface area contributed by atoms with Crippen LogP contribution >= 0.6 is 0 Å². The molecule has 1 aromatic rings. The predicted octanol–water partition coefficient (Wildman–Crippen LogP) is 1.86. The molecule has 3 N–H and O–H groups in total. The highest BCUT2D eigenvalue weighted by molar-refractivity contribution is 5.97. The third-order valence-corrected chi connectivity index (χ3v) is 2.44. The quantitative estimate of drug-likeness (QED) is 0.248. The highest BCUT2D eigenvalue weighted by Gasteiger charge is 2.11. The Morgan fingerprint density at radius 1 is 1.32 bits per heavy atom. The van der Waals surface area contributed by atoms with Gasteiger partial charge in [-0.3, -0.25) is 0 Å². The van der Waals surface area contributed by atoms with Crippen molar-refractivity contribution in [3.8, 4) is 0 Å². The molecule has 0 spiro atoms. The number of hydrogen-bond acceptors (Lipinski definition) is 4. The summed E-state index contributed by atoms with van der Waals surface area (Å²) in [4.78, 5) is 0. The predicted molar refractivity (Wildman–Crippen MR) is 69.7 cm³/mol. The van der Waals surface area contributed by atoms with Crippen molar-refractivity contribution in [2.45, 2.75) is 20.0 Å². The van der Waals surface area contributed by atoms with Gasteiger partial charge in [-0.1, -0.05) is 24.2 Å². The first-order valence-electron chi connectivity index (χ1n) is 6.11. The number of rotatable bonds is 8. The Labute approximate surface area is 111 Å². The van der Waals surface area contributed by atoms with E-state index in [1.807, 2.05) is 6.92 Å². The fourth-order valence-electron chi connectivity index (χ4n) is 1.49. The lowest BCUT2D eigenvalue weighted by Gasteiger charge is -2.08. The molecule has 1 aromatic carbocycles. The SMILES string of the molecule is CCCOCCOCc1cccc(/C(N)=N/O)c1F. The van der Waals surface area contributed by atoms with E-state index in [-0.39, 0.29) is 18.0 Å². The zero-order valence-electron chi connectivity index (χ0n) is 10.9. The molecule has 0 fully saturated rings. The molecule has 0 saturated heterocycles. The maximum absolute atomic E-state index is 14.0. The minimum atomic E-state index is -0.535. The molecule has 0 aliphatic carbocycles. The fourth-order valence-corrected chi connectivity index (χ4v) is 1.49. The highest BCUT2D eigenvalue weighted by atomic mass is 19.1. The van der Waals surface area contributed by atoms with E-state index in [9.17, 15) is 4.39 Å². The summed E-state index contributed by atoms with van der Waals surface area (Å²) in [5, 5.41) is 11.3. The first-order valence-corrected chi connectivity index (χ1v) is 6.11. The Hall–Kier alpha value is -1.66. The second-order valence-corrected chi connectivity index (χ2v) is 3.93. The summed E-state index contributed by atoms with van der Waals surface area (Å²) in [7, 11) is 0. The Morgan fingerprint density at radius 2 is 2.05 bits per heavy atom. The van der Waals surface area contributed by atoms with Gasteiger partial charge in [0.25, 0.3) is 0 Å². The van der Waals surface area contributed by atoms with Crippen LogP contribution in [0.4, 0.5) is 4.39 Å². The van der Waals surface area contributed by atoms with Gasteiger partial charge in [-0.2, -0.15) is 0 Å². The fraction of sp³-hybridized carbons (Fsp3) is 0.462. The minimum Gasteiger partial charge on any atom is -0.409 e.